The molecular weight excluding hydrogens is 389 g/mol. The molecular formula is C17H12F5N3O3. The lowest BCUT2D eigenvalue weighted by Gasteiger charge is -2.21. The largest absolute Gasteiger partial charge is 0.497 e. The lowest BCUT2D eigenvalue weighted by Crippen LogP contribution is -2.36. The molecule has 0 spiro atoms. The monoisotopic (exact) mass is 401 g/mol. The van der Waals surface area contributed by atoms with Crippen molar-refractivity contribution < 1.29 is 36.6 Å². The fraction of sp³-hybridized carbons (Fsp3) is 0.235. The highest BCUT2D eigenvalue weighted by molar-refractivity contribution is 5.96. The van der Waals surface area contributed by atoms with Crippen molar-refractivity contribution in [1.29, 1.82) is 0 Å². The van der Waals surface area contributed by atoms with Gasteiger partial charge in [-0.25, -0.2) is 22.0 Å². The Balaban J connectivity index is 1.87. The summed E-state index contributed by atoms with van der Waals surface area (Å²) in [5, 5.41) is 16.8. The van der Waals surface area contributed by atoms with E-state index in [0.717, 1.165) is 4.90 Å². The van der Waals surface area contributed by atoms with Crippen LogP contribution in [0, 0.1) is 29.1 Å². The van der Waals surface area contributed by atoms with Crippen molar-refractivity contribution in [3.8, 4) is 5.75 Å². The maximum atomic E-state index is 13.6. The number of methoxy groups -OCH3 is 1. The van der Waals surface area contributed by atoms with Crippen LogP contribution in [0.3, 0.4) is 0 Å². The van der Waals surface area contributed by atoms with E-state index in [-0.39, 0.29) is 6.42 Å². The smallest absolute Gasteiger partial charge is 0.231 e. The number of hydrogen-bond donors (Lipinski definition) is 1. The van der Waals surface area contributed by atoms with Gasteiger partial charge in [0.2, 0.25) is 11.7 Å². The number of carbonyl (C=O) groups is 1. The number of aliphatic hydroxyl groups is 1. The van der Waals surface area contributed by atoms with Gasteiger partial charge >= 0.3 is 0 Å². The molecule has 11 heteroatoms. The van der Waals surface area contributed by atoms with Crippen LogP contribution in [0.15, 0.2) is 34.5 Å². The Kier molecular flexibility index (Phi) is 5.27. The summed E-state index contributed by atoms with van der Waals surface area (Å²) in [6, 6.07) is 4.79. The van der Waals surface area contributed by atoms with Crippen molar-refractivity contribution in [3.63, 3.8) is 0 Å². The first kappa shape index (κ1) is 19.7. The number of halogens is 5. The quantitative estimate of drug-likeness (QED) is 0.368. The fourth-order valence-corrected chi connectivity index (χ4v) is 2.66. The number of aliphatic hydroxyl groups excluding tert-OH is 1. The minimum Gasteiger partial charge on any atom is -0.497 e. The molecule has 0 aromatic heterocycles. The summed E-state index contributed by atoms with van der Waals surface area (Å²) >= 11 is 0. The molecule has 28 heavy (non-hydrogen) atoms. The van der Waals surface area contributed by atoms with Crippen molar-refractivity contribution in [2.75, 3.05) is 12.0 Å². The third kappa shape index (κ3) is 3.28. The molecule has 3 rings (SSSR count). The number of anilines is 1. The maximum absolute atomic E-state index is 13.6. The van der Waals surface area contributed by atoms with Gasteiger partial charge in [0.05, 0.1) is 13.5 Å². The van der Waals surface area contributed by atoms with E-state index < -0.39 is 53.0 Å². The normalized spacial score (nSPS) is 19.7. The van der Waals surface area contributed by atoms with Gasteiger partial charge in [-0.15, -0.1) is 5.11 Å². The van der Waals surface area contributed by atoms with E-state index in [0.29, 0.717) is 11.4 Å². The topological polar surface area (TPSA) is 74.5 Å². The van der Waals surface area contributed by atoms with Gasteiger partial charge in [-0.1, -0.05) is 0 Å². The van der Waals surface area contributed by atoms with Crippen LogP contribution in [0.1, 0.15) is 6.42 Å². The van der Waals surface area contributed by atoms with Crippen molar-refractivity contribution >= 4 is 17.3 Å². The van der Waals surface area contributed by atoms with Gasteiger partial charge in [-0.05, 0) is 24.3 Å². The average molecular weight is 401 g/mol. The van der Waals surface area contributed by atoms with Gasteiger partial charge in [-0.2, -0.15) is 5.11 Å². The molecule has 1 saturated heterocycles. The highest BCUT2D eigenvalue weighted by atomic mass is 19.2. The minimum absolute atomic E-state index is 0.298. The molecule has 1 N–H and O–H groups in total. The molecule has 2 unspecified atom stereocenters. The molecule has 2 atom stereocenters. The van der Waals surface area contributed by atoms with Crippen LogP contribution in [0.4, 0.5) is 33.3 Å². The van der Waals surface area contributed by atoms with E-state index in [1.165, 1.54) is 19.2 Å². The Bertz CT molecular complexity index is 923. The zero-order valence-electron chi connectivity index (χ0n) is 14.2. The van der Waals surface area contributed by atoms with E-state index in [4.69, 9.17) is 4.74 Å². The van der Waals surface area contributed by atoms with Crippen LogP contribution in [0.2, 0.25) is 0 Å². The Morgan fingerprint density at radius 3 is 2.07 bits per heavy atom. The number of amides is 1. The molecule has 148 valence electrons. The van der Waals surface area contributed by atoms with Gasteiger partial charge < -0.3 is 9.84 Å². The second kappa shape index (κ2) is 7.50. The Labute approximate surface area is 154 Å². The molecule has 6 nitrogen and oxygen atoms in total. The summed E-state index contributed by atoms with van der Waals surface area (Å²) in [5.41, 5.74) is -1.20. The summed E-state index contributed by atoms with van der Waals surface area (Å²) in [6.07, 6.45) is -1.93. The molecule has 2 aromatic carbocycles. The molecule has 0 saturated carbocycles. The van der Waals surface area contributed by atoms with E-state index in [1.54, 1.807) is 12.1 Å². The zero-order chi connectivity index (χ0) is 20.6. The van der Waals surface area contributed by atoms with Crippen LogP contribution in [0.5, 0.6) is 5.75 Å². The molecule has 1 aliphatic heterocycles. The van der Waals surface area contributed by atoms with Gasteiger partial charge in [-0.3, -0.25) is 9.69 Å². The average Bonchev–Trinajstić information content (AvgIpc) is 2.98. The van der Waals surface area contributed by atoms with Crippen LogP contribution in [0.25, 0.3) is 0 Å². The molecule has 0 bridgehead atoms. The highest BCUT2D eigenvalue weighted by Crippen LogP contribution is 2.32. The first-order chi connectivity index (χ1) is 13.3. The van der Waals surface area contributed by atoms with E-state index >= 15 is 0 Å². The third-order valence-electron chi connectivity index (χ3n) is 4.10. The second-order valence-corrected chi connectivity index (χ2v) is 5.78. The maximum Gasteiger partial charge on any atom is 0.231 e. The van der Waals surface area contributed by atoms with Gasteiger partial charge in [0.25, 0.3) is 0 Å². The van der Waals surface area contributed by atoms with E-state index in [1.807, 2.05) is 0 Å². The summed E-state index contributed by atoms with van der Waals surface area (Å²) in [4.78, 5) is 13.1. The molecule has 1 aliphatic rings. The summed E-state index contributed by atoms with van der Waals surface area (Å²) in [7, 11) is 1.45. The molecule has 1 amide bonds. The Hall–Kier alpha value is -3.08. The zero-order valence-corrected chi connectivity index (χ0v) is 14.2. The predicted octanol–water partition coefficient (Wildman–Crippen LogP) is 3.60. The van der Waals surface area contributed by atoms with Crippen LogP contribution < -0.4 is 9.64 Å². The van der Waals surface area contributed by atoms with Crippen LogP contribution >= 0.6 is 0 Å². The van der Waals surface area contributed by atoms with Crippen molar-refractivity contribution in [1.82, 2.24) is 0 Å². The van der Waals surface area contributed by atoms with E-state index in [9.17, 15) is 31.9 Å². The van der Waals surface area contributed by atoms with Crippen molar-refractivity contribution in [2.24, 2.45) is 10.2 Å². The number of nitrogens with zero attached hydrogens (tertiary/aromatic N) is 3. The number of carbonyl (C=O) groups excluding carboxylic acids is 1. The number of benzene rings is 2. The molecule has 0 radical (unpaired) electrons. The number of azo groups is 1. The Morgan fingerprint density at radius 1 is 1.00 bits per heavy atom. The number of hydrogen-bond acceptors (Lipinski definition) is 5. The summed E-state index contributed by atoms with van der Waals surface area (Å²) < 4.78 is 71.7. The highest BCUT2D eigenvalue weighted by Gasteiger charge is 2.40. The van der Waals surface area contributed by atoms with Crippen LogP contribution in [-0.4, -0.2) is 30.4 Å². The van der Waals surface area contributed by atoms with E-state index in [2.05, 4.69) is 10.2 Å². The standard InChI is InChI=1S/C17H12F5N3O3/c1-28-8-4-2-7(3-5-8)25-10(26)6-9(17(25)27)23-24-16-14(21)12(19)11(18)13(20)15(16)22/h2-5,9,17,27H,6H2,1H3. The lowest BCUT2D eigenvalue weighted by molar-refractivity contribution is -0.117. The van der Waals surface area contributed by atoms with Gasteiger partial charge in [0.15, 0.2) is 35.2 Å². The minimum atomic E-state index is -2.32. The molecule has 1 fully saturated rings. The van der Waals surface area contributed by atoms with Crippen molar-refractivity contribution in [2.45, 2.75) is 18.7 Å². The van der Waals surface area contributed by atoms with Crippen molar-refractivity contribution in [3.05, 3.63) is 53.4 Å². The second-order valence-electron chi connectivity index (χ2n) is 5.78. The first-order valence-electron chi connectivity index (χ1n) is 7.82. The summed E-state index contributed by atoms with van der Waals surface area (Å²) in [6.45, 7) is 0. The molecule has 1 heterocycles. The third-order valence-corrected chi connectivity index (χ3v) is 4.10. The first-order valence-corrected chi connectivity index (χ1v) is 7.82. The molecule has 2 aromatic rings. The fourth-order valence-electron chi connectivity index (χ4n) is 2.66. The SMILES string of the molecule is COc1ccc(N2C(=O)CC(N=Nc3c(F)c(F)c(F)c(F)c3F)C2O)cc1. The number of rotatable bonds is 4. The number of ether oxygens (including phenoxy) is 1. The Morgan fingerprint density at radius 2 is 1.54 bits per heavy atom. The predicted molar refractivity (Wildman–Crippen MR) is 85.6 cm³/mol. The lowest BCUT2D eigenvalue weighted by atomic mass is 10.2. The summed E-state index contributed by atoms with van der Waals surface area (Å²) in [5.74, 6) is -11.1. The van der Waals surface area contributed by atoms with Crippen LogP contribution in [-0.2, 0) is 4.79 Å². The van der Waals surface area contributed by atoms with Gasteiger partial charge in [0.1, 0.15) is 11.8 Å². The van der Waals surface area contributed by atoms with Gasteiger partial charge in [0, 0.05) is 5.69 Å². The molecule has 0 aliphatic carbocycles.